The summed E-state index contributed by atoms with van der Waals surface area (Å²) in [5.74, 6) is 0.0885. The first kappa shape index (κ1) is 11.0. The minimum atomic E-state index is 0.0885. The number of rotatable bonds is 2. The van der Waals surface area contributed by atoms with Crippen LogP contribution in [-0.2, 0) is 0 Å². The van der Waals surface area contributed by atoms with Crippen LogP contribution >= 0.6 is 38.6 Å². The van der Waals surface area contributed by atoms with E-state index >= 15 is 0 Å². The number of thiazole rings is 1. The predicted octanol–water partition coefficient (Wildman–Crippen LogP) is 4.15. The number of halogens is 1. The topological polar surface area (TPSA) is 30.0 Å². The second kappa shape index (κ2) is 4.15. The van der Waals surface area contributed by atoms with Crippen LogP contribution in [0.1, 0.15) is 22.3 Å². The second-order valence-electron chi connectivity index (χ2n) is 3.13. The summed E-state index contributed by atoms with van der Waals surface area (Å²) in [6.45, 7) is 3.45. The fourth-order valence-electron chi connectivity index (χ4n) is 1.27. The lowest BCUT2D eigenvalue weighted by Crippen LogP contribution is -1.89. The zero-order valence-corrected chi connectivity index (χ0v) is 11.4. The summed E-state index contributed by atoms with van der Waals surface area (Å²) in [4.78, 5) is 16.4. The van der Waals surface area contributed by atoms with Gasteiger partial charge in [0.15, 0.2) is 5.78 Å². The fourth-order valence-corrected chi connectivity index (χ4v) is 3.43. The van der Waals surface area contributed by atoms with E-state index in [9.17, 15) is 4.79 Å². The standard InChI is InChI=1S/C10H8BrNOS2/c1-5-9(6(2)13)15-10(12-5)7-3-8(11)14-4-7/h3-4H,1-2H3. The molecule has 0 fully saturated rings. The molecule has 0 saturated carbocycles. The van der Waals surface area contributed by atoms with Gasteiger partial charge in [-0.3, -0.25) is 4.79 Å². The lowest BCUT2D eigenvalue weighted by Gasteiger charge is -1.86. The first-order chi connectivity index (χ1) is 7.08. The van der Waals surface area contributed by atoms with Crippen LogP contribution in [0, 0.1) is 6.92 Å². The summed E-state index contributed by atoms with van der Waals surface area (Å²) in [6, 6.07) is 2.02. The van der Waals surface area contributed by atoms with Gasteiger partial charge in [0, 0.05) is 17.9 Å². The van der Waals surface area contributed by atoms with Crippen LogP contribution in [0.2, 0.25) is 0 Å². The summed E-state index contributed by atoms with van der Waals surface area (Å²) >= 11 is 6.49. The fraction of sp³-hybridized carbons (Fsp3) is 0.200. The van der Waals surface area contributed by atoms with Gasteiger partial charge in [-0.1, -0.05) is 0 Å². The normalized spacial score (nSPS) is 10.6. The molecule has 2 heterocycles. The lowest BCUT2D eigenvalue weighted by atomic mass is 10.3. The molecule has 5 heteroatoms. The van der Waals surface area contributed by atoms with Gasteiger partial charge in [0.1, 0.15) is 5.01 Å². The van der Waals surface area contributed by atoms with Crippen molar-refractivity contribution in [2.75, 3.05) is 0 Å². The van der Waals surface area contributed by atoms with Crippen LogP contribution in [0.5, 0.6) is 0 Å². The molecular formula is C10H8BrNOS2. The van der Waals surface area contributed by atoms with E-state index in [1.165, 1.54) is 11.3 Å². The molecule has 0 aromatic carbocycles. The van der Waals surface area contributed by atoms with Crippen LogP contribution in [0.4, 0.5) is 0 Å². The van der Waals surface area contributed by atoms with Gasteiger partial charge < -0.3 is 0 Å². The van der Waals surface area contributed by atoms with Gasteiger partial charge in [0.25, 0.3) is 0 Å². The summed E-state index contributed by atoms with van der Waals surface area (Å²) in [5, 5.41) is 2.95. The Kier molecular flexibility index (Phi) is 3.04. The third-order valence-electron chi connectivity index (χ3n) is 1.93. The van der Waals surface area contributed by atoms with Crippen molar-refractivity contribution in [3.63, 3.8) is 0 Å². The number of ketones is 1. The van der Waals surface area contributed by atoms with Crippen LogP contribution in [0.3, 0.4) is 0 Å². The summed E-state index contributed by atoms with van der Waals surface area (Å²) < 4.78 is 1.08. The molecule has 0 atom stereocenters. The van der Waals surface area contributed by atoms with Crippen LogP contribution in [-0.4, -0.2) is 10.8 Å². The number of carbonyl (C=O) groups excluding carboxylic acids is 1. The van der Waals surface area contributed by atoms with E-state index in [2.05, 4.69) is 20.9 Å². The Labute approximate surface area is 104 Å². The maximum atomic E-state index is 11.3. The van der Waals surface area contributed by atoms with Gasteiger partial charge >= 0.3 is 0 Å². The van der Waals surface area contributed by atoms with Gasteiger partial charge in [0.05, 0.1) is 14.4 Å². The van der Waals surface area contributed by atoms with E-state index < -0.39 is 0 Å². The third kappa shape index (κ3) is 2.19. The minimum absolute atomic E-state index is 0.0885. The Balaban J connectivity index is 2.46. The summed E-state index contributed by atoms with van der Waals surface area (Å²) in [6.07, 6.45) is 0. The van der Waals surface area contributed by atoms with E-state index in [-0.39, 0.29) is 5.78 Å². The van der Waals surface area contributed by atoms with Gasteiger partial charge in [0.2, 0.25) is 0 Å². The van der Waals surface area contributed by atoms with E-state index in [0.717, 1.165) is 24.9 Å². The average Bonchev–Trinajstić information content (AvgIpc) is 2.71. The van der Waals surface area contributed by atoms with E-state index in [1.807, 2.05) is 18.4 Å². The van der Waals surface area contributed by atoms with Gasteiger partial charge in [-0.25, -0.2) is 4.98 Å². The Morgan fingerprint density at radius 2 is 2.27 bits per heavy atom. The SMILES string of the molecule is CC(=O)c1sc(-c2csc(Br)c2)nc1C. The Hall–Kier alpha value is -0.520. The largest absolute Gasteiger partial charge is 0.294 e. The Bertz CT molecular complexity index is 515. The maximum absolute atomic E-state index is 11.3. The number of carbonyl (C=O) groups is 1. The number of nitrogens with zero attached hydrogens (tertiary/aromatic N) is 1. The Morgan fingerprint density at radius 1 is 1.53 bits per heavy atom. The Morgan fingerprint density at radius 3 is 2.73 bits per heavy atom. The first-order valence-corrected chi connectivity index (χ1v) is 6.79. The minimum Gasteiger partial charge on any atom is -0.294 e. The highest BCUT2D eigenvalue weighted by Crippen LogP contribution is 2.33. The van der Waals surface area contributed by atoms with Crippen LogP contribution in [0.25, 0.3) is 10.6 Å². The molecule has 0 saturated heterocycles. The van der Waals surface area contributed by atoms with Crippen molar-refractivity contribution in [1.29, 1.82) is 0 Å². The van der Waals surface area contributed by atoms with Crippen molar-refractivity contribution in [2.24, 2.45) is 0 Å². The molecule has 0 unspecified atom stereocenters. The highest BCUT2D eigenvalue weighted by atomic mass is 79.9. The molecule has 0 amide bonds. The first-order valence-electron chi connectivity index (χ1n) is 4.30. The molecule has 78 valence electrons. The number of Topliss-reactive ketones (excluding diaryl/α,β-unsaturated/α-hetero) is 1. The van der Waals surface area contributed by atoms with Crippen molar-refractivity contribution < 1.29 is 4.79 Å². The number of aromatic nitrogens is 1. The highest BCUT2D eigenvalue weighted by molar-refractivity contribution is 9.11. The molecule has 2 aromatic heterocycles. The van der Waals surface area contributed by atoms with Crippen LogP contribution < -0.4 is 0 Å². The number of thiophene rings is 1. The molecule has 0 bridgehead atoms. The molecule has 2 nitrogen and oxygen atoms in total. The van der Waals surface area contributed by atoms with E-state index in [4.69, 9.17) is 0 Å². The zero-order valence-electron chi connectivity index (χ0n) is 8.20. The molecular weight excluding hydrogens is 294 g/mol. The van der Waals surface area contributed by atoms with Gasteiger partial charge in [-0.05, 0) is 28.9 Å². The molecule has 15 heavy (non-hydrogen) atoms. The van der Waals surface area contributed by atoms with E-state index in [0.29, 0.717) is 0 Å². The van der Waals surface area contributed by atoms with Crippen molar-refractivity contribution in [3.8, 4) is 10.6 Å². The number of hydrogen-bond acceptors (Lipinski definition) is 4. The predicted molar refractivity (Wildman–Crippen MR) is 67.9 cm³/mol. The molecule has 0 N–H and O–H groups in total. The van der Waals surface area contributed by atoms with Crippen molar-refractivity contribution in [2.45, 2.75) is 13.8 Å². The van der Waals surface area contributed by atoms with Gasteiger partial charge in [-0.15, -0.1) is 22.7 Å². The summed E-state index contributed by atoms with van der Waals surface area (Å²) in [5.41, 5.74) is 1.90. The molecule has 0 spiro atoms. The van der Waals surface area contributed by atoms with Crippen molar-refractivity contribution in [1.82, 2.24) is 4.98 Å². The quantitative estimate of drug-likeness (QED) is 0.780. The summed E-state index contributed by atoms with van der Waals surface area (Å²) in [7, 11) is 0. The molecule has 2 aromatic rings. The number of aryl methyl sites for hydroxylation is 1. The third-order valence-corrected chi connectivity index (χ3v) is 4.74. The number of hydrogen-bond donors (Lipinski definition) is 0. The van der Waals surface area contributed by atoms with Crippen LogP contribution in [0.15, 0.2) is 15.2 Å². The second-order valence-corrected chi connectivity index (χ2v) is 6.42. The highest BCUT2D eigenvalue weighted by Gasteiger charge is 2.13. The molecule has 0 aliphatic carbocycles. The zero-order chi connectivity index (χ0) is 11.0. The average molecular weight is 302 g/mol. The molecule has 0 radical (unpaired) electrons. The molecule has 2 rings (SSSR count). The monoisotopic (exact) mass is 301 g/mol. The molecule has 0 aliphatic rings. The van der Waals surface area contributed by atoms with Crippen molar-refractivity contribution in [3.05, 3.63) is 25.8 Å². The lowest BCUT2D eigenvalue weighted by molar-refractivity contribution is 0.102. The smallest absolute Gasteiger partial charge is 0.171 e. The molecule has 0 aliphatic heterocycles. The van der Waals surface area contributed by atoms with Crippen molar-refractivity contribution >= 4 is 44.4 Å². The van der Waals surface area contributed by atoms with Gasteiger partial charge in [-0.2, -0.15) is 0 Å². The maximum Gasteiger partial charge on any atom is 0.171 e. The van der Waals surface area contributed by atoms with E-state index in [1.54, 1.807) is 18.3 Å².